The van der Waals surface area contributed by atoms with Crippen molar-refractivity contribution in [2.45, 2.75) is 19.4 Å². The van der Waals surface area contributed by atoms with Gasteiger partial charge >= 0.3 is 5.97 Å². The Morgan fingerprint density at radius 2 is 2.33 bits per heavy atom. The maximum Gasteiger partial charge on any atom is 0.302 e. The molecule has 1 saturated carbocycles. The van der Waals surface area contributed by atoms with Gasteiger partial charge in [0, 0.05) is 12.8 Å². The van der Waals surface area contributed by atoms with E-state index in [2.05, 4.69) is 0 Å². The normalized spacial score (nSPS) is 37.4. The molecule has 0 aliphatic heterocycles. The van der Waals surface area contributed by atoms with Crippen LogP contribution in [0.15, 0.2) is 12.2 Å². The number of hydrogen-bond acceptors (Lipinski definition) is 3. The van der Waals surface area contributed by atoms with Crippen LogP contribution in [0.3, 0.4) is 0 Å². The minimum atomic E-state index is -0.297. The lowest BCUT2D eigenvalue weighted by molar-refractivity contribution is -0.147. The molecule has 0 aromatic heterocycles. The highest BCUT2D eigenvalue weighted by Crippen LogP contribution is 2.37. The summed E-state index contributed by atoms with van der Waals surface area (Å²) in [6.45, 7) is 1.38. The molecule has 0 unspecified atom stereocenters. The lowest BCUT2D eigenvalue weighted by Crippen LogP contribution is -2.22. The molecule has 0 amide bonds. The summed E-state index contributed by atoms with van der Waals surface area (Å²) in [5, 5.41) is 0. The Kier molecular flexibility index (Phi) is 1.53. The molecule has 2 rings (SSSR count). The number of rotatable bonds is 1. The van der Waals surface area contributed by atoms with E-state index >= 15 is 0 Å². The summed E-state index contributed by atoms with van der Waals surface area (Å²) in [4.78, 5) is 21.9. The number of ether oxygens (including phenoxy) is 1. The van der Waals surface area contributed by atoms with Gasteiger partial charge in [0.25, 0.3) is 0 Å². The molecule has 12 heavy (non-hydrogen) atoms. The average molecular weight is 166 g/mol. The molecular formula is C9H10O3. The summed E-state index contributed by atoms with van der Waals surface area (Å²) in [5.74, 6) is -0.228. The van der Waals surface area contributed by atoms with Gasteiger partial charge in [0.2, 0.25) is 0 Å². The van der Waals surface area contributed by atoms with Gasteiger partial charge in [-0.25, -0.2) is 0 Å². The van der Waals surface area contributed by atoms with Crippen molar-refractivity contribution in [1.29, 1.82) is 0 Å². The van der Waals surface area contributed by atoms with Crippen molar-refractivity contribution in [1.82, 2.24) is 0 Å². The Bertz CT molecular complexity index is 267. The molecule has 3 atom stereocenters. The average Bonchev–Trinajstić information content (AvgIpc) is 2.44. The van der Waals surface area contributed by atoms with Crippen LogP contribution in [0.4, 0.5) is 0 Å². The SMILES string of the molecule is CC(=O)O[C@H]1C[C@H]2C=C[C@@H]1C2=O. The molecule has 0 spiro atoms. The minimum Gasteiger partial charge on any atom is -0.461 e. The first-order chi connectivity index (χ1) is 5.68. The third-order valence-corrected chi connectivity index (χ3v) is 2.45. The molecule has 0 heterocycles. The number of ketones is 1. The molecule has 0 radical (unpaired) electrons. The highest BCUT2D eigenvalue weighted by molar-refractivity contribution is 5.92. The lowest BCUT2D eigenvalue weighted by atomic mass is 10.0. The van der Waals surface area contributed by atoms with E-state index < -0.39 is 0 Å². The second-order valence-electron chi connectivity index (χ2n) is 3.30. The van der Waals surface area contributed by atoms with E-state index in [9.17, 15) is 9.59 Å². The largest absolute Gasteiger partial charge is 0.461 e. The quantitative estimate of drug-likeness (QED) is 0.425. The predicted molar refractivity (Wildman–Crippen MR) is 41.3 cm³/mol. The molecule has 2 aliphatic carbocycles. The zero-order chi connectivity index (χ0) is 8.72. The fraction of sp³-hybridized carbons (Fsp3) is 0.556. The van der Waals surface area contributed by atoms with Crippen LogP contribution in [-0.4, -0.2) is 17.9 Å². The summed E-state index contributed by atoms with van der Waals surface area (Å²) in [5.41, 5.74) is 0. The second-order valence-corrected chi connectivity index (χ2v) is 3.30. The Labute approximate surface area is 70.4 Å². The van der Waals surface area contributed by atoms with E-state index in [0.717, 1.165) is 0 Å². The van der Waals surface area contributed by atoms with Gasteiger partial charge in [0.05, 0.1) is 5.92 Å². The first-order valence-corrected chi connectivity index (χ1v) is 4.08. The Morgan fingerprint density at radius 1 is 1.58 bits per heavy atom. The standard InChI is InChI=1S/C9H10O3/c1-5(10)12-8-4-6-2-3-7(8)9(6)11/h2-3,6-8H,4H2,1H3/t6-,7+,8+/m1/s1. The topological polar surface area (TPSA) is 43.4 Å². The van der Waals surface area contributed by atoms with Gasteiger partial charge in [0.1, 0.15) is 11.9 Å². The molecule has 0 N–H and O–H groups in total. The molecule has 2 bridgehead atoms. The van der Waals surface area contributed by atoms with Gasteiger partial charge in [-0.1, -0.05) is 12.2 Å². The zero-order valence-electron chi connectivity index (χ0n) is 6.82. The van der Waals surface area contributed by atoms with Crippen molar-refractivity contribution in [3.8, 4) is 0 Å². The van der Waals surface area contributed by atoms with E-state index in [1.807, 2.05) is 12.2 Å². The van der Waals surface area contributed by atoms with Crippen LogP contribution in [0.25, 0.3) is 0 Å². The van der Waals surface area contributed by atoms with Crippen LogP contribution in [0.1, 0.15) is 13.3 Å². The van der Waals surface area contributed by atoms with Crippen LogP contribution in [0, 0.1) is 11.8 Å². The smallest absolute Gasteiger partial charge is 0.302 e. The third-order valence-electron chi connectivity index (χ3n) is 2.45. The monoisotopic (exact) mass is 166 g/mol. The molecule has 1 fully saturated rings. The molecular weight excluding hydrogens is 156 g/mol. The maximum atomic E-state index is 11.3. The summed E-state index contributed by atoms with van der Waals surface area (Å²) in [6, 6.07) is 0. The Hall–Kier alpha value is -1.12. The summed E-state index contributed by atoms with van der Waals surface area (Å²) < 4.78 is 5.00. The van der Waals surface area contributed by atoms with Gasteiger partial charge in [-0.3, -0.25) is 9.59 Å². The van der Waals surface area contributed by atoms with Crippen molar-refractivity contribution in [3.05, 3.63) is 12.2 Å². The zero-order valence-corrected chi connectivity index (χ0v) is 6.82. The van der Waals surface area contributed by atoms with Crippen molar-refractivity contribution in [2.75, 3.05) is 0 Å². The third kappa shape index (κ3) is 0.967. The number of carbonyl (C=O) groups excluding carboxylic acids is 2. The van der Waals surface area contributed by atoms with Gasteiger partial charge in [-0.2, -0.15) is 0 Å². The molecule has 0 aromatic rings. The van der Waals surface area contributed by atoms with Crippen LogP contribution in [0.5, 0.6) is 0 Å². The van der Waals surface area contributed by atoms with E-state index in [1.165, 1.54) is 6.92 Å². The molecule has 0 saturated heterocycles. The number of fused-ring (bicyclic) bond motifs is 2. The van der Waals surface area contributed by atoms with Crippen LogP contribution in [0.2, 0.25) is 0 Å². The summed E-state index contributed by atoms with van der Waals surface area (Å²) >= 11 is 0. The molecule has 64 valence electrons. The minimum absolute atomic E-state index is 0.0133. The number of Topliss-reactive ketones (excluding diaryl/α,β-unsaturated/α-hetero) is 1. The summed E-state index contributed by atoms with van der Waals surface area (Å²) in [6.07, 6.45) is 4.25. The lowest BCUT2D eigenvalue weighted by Gasteiger charge is -2.15. The molecule has 2 aliphatic rings. The van der Waals surface area contributed by atoms with Gasteiger partial charge < -0.3 is 4.74 Å². The van der Waals surface area contributed by atoms with E-state index in [1.54, 1.807) is 0 Å². The van der Waals surface area contributed by atoms with Gasteiger partial charge in [-0.15, -0.1) is 0 Å². The predicted octanol–water partition coefficient (Wildman–Crippen LogP) is 0.693. The fourth-order valence-electron chi connectivity index (χ4n) is 1.92. The number of carbonyl (C=O) groups is 2. The van der Waals surface area contributed by atoms with Crippen LogP contribution >= 0.6 is 0 Å². The van der Waals surface area contributed by atoms with Crippen LogP contribution in [-0.2, 0) is 14.3 Å². The molecule has 3 heteroatoms. The second kappa shape index (κ2) is 2.44. The fourth-order valence-corrected chi connectivity index (χ4v) is 1.92. The Morgan fingerprint density at radius 3 is 2.75 bits per heavy atom. The maximum absolute atomic E-state index is 11.3. The van der Waals surface area contributed by atoms with Crippen molar-refractivity contribution in [3.63, 3.8) is 0 Å². The van der Waals surface area contributed by atoms with Crippen molar-refractivity contribution < 1.29 is 14.3 Å². The van der Waals surface area contributed by atoms with E-state index in [0.29, 0.717) is 6.42 Å². The number of esters is 1. The van der Waals surface area contributed by atoms with E-state index in [4.69, 9.17) is 4.74 Å². The first kappa shape index (κ1) is 7.53. The van der Waals surface area contributed by atoms with Crippen molar-refractivity contribution in [2.24, 2.45) is 11.8 Å². The van der Waals surface area contributed by atoms with Gasteiger partial charge in [0.15, 0.2) is 0 Å². The number of allylic oxidation sites excluding steroid dienone is 1. The Balaban J connectivity index is 2.09. The number of hydrogen-bond donors (Lipinski definition) is 0. The molecule has 0 aromatic carbocycles. The van der Waals surface area contributed by atoms with Crippen LogP contribution < -0.4 is 0 Å². The molecule has 3 nitrogen and oxygen atoms in total. The van der Waals surface area contributed by atoms with Gasteiger partial charge in [-0.05, 0) is 6.42 Å². The highest BCUT2D eigenvalue weighted by atomic mass is 16.5. The van der Waals surface area contributed by atoms with E-state index in [-0.39, 0.29) is 29.7 Å². The first-order valence-electron chi connectivity index (χ1n) is 4.08. The summed E-state index contributed by atoms with van der Waals surface area (Å²) in [7, 11) is 0. The highest BCUT2D eigenvalue weighted by Gasteiger charge is 2.45. The van der Waals surface area contributed by atoms with Crippen molar-refractivity contribution >= 4 is 11.8 Å².